The Bertz CT molecular complexity index is 1130. The van der Waals surface area contributed by atoms with Gasteiger partial charge in [-0.25, -0.2) is 4.98 Å². The molecule has 0 bridgehead atoms. The third kappa shape index (κ3) is 3.88. The van der Waals surface area contributed by atoms with Gasteiger partial charge in [-0.15, -0.1) is 11.3 Å². The van der Waals surface area contributed by atoms with E-state index in [9.17, 15) is 13.2 Å². The first-order valence-corrected chi connectivity index (χ1v) is 9.65. The number of halogens is 3. The molecule has 6 nitrogen and oxygen atoms in total. The van der Waals surface area contributed by atoms with Gasteiger partial charge in [-0.2, -0.15) is 23.3 Å². The van der Waals surface area contributed by atoms with E-state index in [1.54, 1.807) is 18.4 Å². The zero-order chi connectivity index (χ0) is 20.6. The largest absolute Gasteiger partial charge is 0.416 e. The maximum Gasteiger partial charge on any atom is 0.416 e. The quantitative estimate of drug-likeness (QED) is 0.504. The molecule has 0 unspecified atom stereocenters. The van der Waals surface area contributed by atoms with Gasteiger partial charge in [-0.05, 0) is 30.0 Å². The monoisotopic (exact) mass is 418 g/mol. The van der Waals surface area contributed by atoms with Gasteiger partial charge in [0.25, 0.3) is 0 Å². The normalized spacial score (nSPS) is 11.9. The van der Waals surface area contributed by atoms with E-state index in [0.717, 1.165) is 18.6 Å². The molecule has 0 fully saturated rings. The zero-order valence-corrected chi connectivity index (χ0v) is 16.2. The van der Waals surface area contributed by atoms with Gasteiger partial charge in [0.15, 0.2) is 5.65 Å². The smallest absolute Gasteiger partial charge is 0.383 e. The van der Waals surface area contributed by atoms with Crippen molar-refractivity contribution in [1.29, 1.82) is 0 Å². The highest BCUT2D eigenvalue weighted by atomic mass is 32.1. The van der Waals surface area contributed by atoms with Gasteiger partial charge in [-0.3, -0.25) is 4.68 Å². The molecule has 0 amide bonds. The SMILES string of the molecule is Cn1nc2nc(NCCc3cccs3)nc(-c3ccc(C(F)(F)F)cc3)c2c1N. The van der Waals surface area contributed by atoms with E-state index in [4.69, 9.17) is 5.73 Å². The summed E-state index contributed by atoms with van der Waals surface area (Å²) in [6.45, 7) is 0.612. The number of benzene rings is 1. The third-order valence-corrected chi connectivity index (χ3v) is 5.40. The molecule has 29 heavy (non-hydrogen) atoms. The van der Waals surface area contributed by atoms with Crippen LogP contribution in [-0.4, -0.2) is 26.3 Å². The van der Waals surface area contributed by atoms with E-state index >= 15 is 0 Å². The van der Waals surface area contributed by atoms with Crippen LogP contribution in [0.5, 0.6) is 0 Å². The first-order chi connectivity index (χ1) is 13.8. The Balaban J connectivity index is 1.70. The lowest BCUT2D eigenvalue weighted by molar-refractivity contribution is -0.137. The van der Waals surface area contributed by atoms with Crippen molar-refractivity contribution in [2.24, 2.45) is 7.05 Å². The van der Waals surface area contributed by atoms with Crippen molar-refractivity contribution in [1.82, 2.24) is 19.7 Å². The lowest BCUT2D eigenvalue weighted by atomic mass is 10.1. The van der Waals surface area contributed by atoms with Gasteiger partial charge >= 0.3 is 6.18 Å². The van der Waals surface area contributed by atoms with E-state index in [1.165, 1.54) is 21.7 Å². The molecule has 0 aliphatic carbocycles. The number of hydrogen-bond acceptors (Lipinski definition) is 6. The molecule has 0 saturated heterocycles. The Hall–Kier alpha value is -3.14. The molecule has 4 rings (SSSR count). The lowest BCUT2D eigenvalue weighted by Crippen LogP contribution is -2.08. The van der Waals surface area contributed by atoms with Crippen molar-refractivity contribution >= 4 is 34.1 Å². The predicted octanol–water partition coefficient (Wildman–Crippen LogP) is 4.35. The number of anilines is 2. The Morgan fingerprint density at radius 2 is 1.90 bits per heavy atom. The molecule has 0 aliphatic rings. The van der Waals surface area contributed by atoms with Gasteiger partial charge in [0, 0.05) is 24.0 Å². The summed E-state index contributed by atoms with van der Waals surface area (Å²) in [7, 11) is 1.68. The number of hydrogen-bond donors (Lipinski definition) is 2. The zero-order valence-electron chi connectivity index (χ0n) is 15.4. The first kappa shape index (κ1) is 19.2. The van der Waals surface area contributed by atoms with Crippen molar-refractivity contribution in [3.63, 3.8) is 0 Å². The van der Waals surface area contributed by atoms with Crippen LogP contribution in [0.25, 0.3) is 22.3 Å². The second-order valence-corrected chi connectivity index (χ2v) is 7.47. The van der Waals surface area contributed by atoms with Crippen LogP contribution in [0.4, 0.5) is 24.9 Å². The first-order valence-electron chi connectivity index (χ1n) is 8.77. The summed E-state index contributed by atoms with van der Waals surface area (Å²) in [5.74, 6) is 0.696. The van der Waals surface area contributed by atoms with E-state index in [-0.39, 0.29) is 0 Å². The number of nitrogens with zero attached hydrogens (tertiary/aromatic N) is 4. The van der Waals surface area contributed by atoms with Gasteiger partial charge in [0.1, 0.15) is 5.82 Å². The summed E-state index contributed by atoms with van der Waals surface area (Å²) < 4.78 is 40.2. The molecule has 0 aliphatic heterocycles. The predicted molar refractivity (Wildman–Crippen MR) is 108 cm³/mol. The summed E-state index contributed by atoms with van der Waals surface area (Å²) in [5, 5.41) is 9.98. The number of aromatic nitrogens is 4. The highest BCUT2D eigenvalue weighted by molar-refractivity contribution is 7.09. The average molecular weight is 418 g/mol. The van der Waals surface area contributed by atoms with Crippen LogP contribution in [0.15, 0.2) is 41.8 Å². The molecule has 3 aromatic heterocycles. The van der Waals surface area contributed by atoms with Gasteiger partial charge in [0.2, 0.25) is 5.95 Å². The molecule has 10 heteroatoms. The Morgan fingerprint density at radius 3 is 2.55 bits per heavy atom. The summed E-state index contributed by atoms with van der Waals surface area (Å²) in [6, 6.07) is 8.85. The van der Waals surface area contributed by atoms with Gasteiger partial charge in [0.05, 0.1) is 16.6 Å². The summed E-state index contributed by atoms with van der Waals surface area (Å²) in [5.41, 5.74) is 6.72. The highest BCUT2D eigenvalue weighted by Gasteiger charge is 2.30. The number of aryl methyl sites for hydroxylation is 1. The van der Waals surface area contributed by atoms with Crippen molar-refractivity contribution in [3.05, 3.63) is 52.2 Å². The number of alkyl halides is 3. The van der Waals surface area contributed by atoms with Crippen LogP contribution in [0.2, 0.25) is 0 Å². The number of nitrogen functional groups attached to an aromatic ring is 1. The van der Waals surface area contributed by atoms with Crippen LogP contribution < -0.4 is 11.1 Å². The van der Waals surface area contributed by atoms with Crippen molar-refractivity contribution < 1.29 is 13.2 Å². The van der Waals surface area contributed by atoms with Gasteiger partial charge in [-0.1, -0.05) is 18.2 Å². The second-order valence-electron chi connectivity index (χ2n) is 6.43. The Labute approximate surface area is 168 Å². The molecule has 0 atom stereocenters. The maximum absolute atomic E-state index is 12.9. The molecule has 0 spiro atoms. The average Bonchev–Trinajstić information content (AvgIpc) is 3.29. The fraction of sp³-hybridized carbons (Fsp3) is 0.211. The fourth-order valence-corrected chi connectivity index (χ4v) is 3.68. The molecule has 150 valence electrons. The molecule has 4 aromatic rings. The Kier molecular flexibility index (Phi) is 4.87. The highest BCUT2D eigenvalue weighted by Crippen LogP contribution is 2.34. The van der Waals surface area contributed by atoms with Crippen molar-refractivity contribution in [2.45, 2.75) is 12.6 Å². The van der Waals surface area contributed by atoms with E-state index in [2.05, 4.69) is 20.4 Å². The number of nitrogens with two attached hydrogens (primary N) is 1. The van der Waals surface area contributed by atoms with Crippen molar-refractivity contribution in [2.75, 3.05) is 17.6 Å². The maximum atomic E-state index is 12.9. The summed E-state index contributed by atoms with van der Waals surface area (Å²) in [4.78, 5) is 10.2. The molecular weight excluding hydrogens is 401 g/mol. The minimum atomic E-state index is -4.40. The Morgan fingerprint density at radius 1 is 1.14 bits per heavy atom. The lowest BCUT2D eigenvalue weighted by Gasteiger charge is -2.10. The van der Waals surface area contributed by atoms with Crippen LogP contribution >= 0.6 is 11.3 Å². The number of rotatable bonds is 5. The minimum Gasteiger partial charge on any atom is -0.383 e. The molecule has 0 radical (unpaired) electrons. The number of nitrogens with one attached hydrogen (secondary N) is 1. The minimum absolute atomic E-state index is 0.347. The van der Waals surface area contributed by atoms with Crippen LogP contribution in [0.1, 0.15) is 10.4 Å². The number of thiophene rings is 1. The molecule has 0 saturated carbocycles. The van der Waals surface area contributed by atoms with E-state index < -0.39 is 11.7 Å². The van der Waals surface area contributed by atoms with E-state index in [1.807, 2.05) is 17.5 Å². The van der Waals surface area contributed by atoms with Gasteiger partial charge < -0.3 is 11.1 Å². The molecule has 3 N–H and O–H groups in total. The van der Waals surface area contributed by atoms with E-state index in [0.29, 0.717) is 40.6 Å². The van der Waals surface area contributed by atoms with Crippen LogP contribution in [0, 0.1) is 0 Å². The molecular formula is C19H17F3N6S. The summed E-state index contributed by atoms with van der Waals surface area (Å²) >= 11 is 1.66. The standard InChI is InChI=1S/C19H17F3N6S/c1-28-16(23)14-15(11-4-6-12(7-5-11)19(20,21)22)25-18(26-17(14)27-28)24-9-8-13-3-2-10-29-13/h2-7,10H,8-9,23H2,1H3,(H,24,26,27). The molecule has 1 aromatic carbocycles. The summed E-state index contributed by atoms with van der Waals surface area (Å²) in [6.07, 6.45) is -3.60. The number of fused-ring (bicyclic) bond motifs is 1. The second kappa shape index (κ2) is 7.36. The van der Waals surface area contributed by atoms with Crippen LogP contribution in [0.3, 0.4) is 0 Å². The van der Waals surface area contributed by atoms with Crippen LogP contribution in [-0.2, 0) is 19.6 Å². The van der Waals surface area contributed by atoms with Crippen molar-refractivity contribution in [3.8, 4) is 11.3 Å². The molecule has 3 heterocycles. The third-order valence-electron chi connectivity index (χ3n) is 4.46. The topological polar surface area (TPSA) is 81.7 Å². The fourth-order valence-electron chi connectivity index (χ4n) is 2.97.